The minimum absolute atomic E-state index is 0.0348. The summed E-state index contributed by atoms with van der Waals surface area (Å²) in [7, 11) is -3.83. The van der Waals surface area contributed by atoms with Crippen LogP contribution in [0.25, 0.3) is 0 Å². The SMILES string of the molecule is CCC(NC(=O)c1cc(S(N)(=O)=O)ccc1Br)C(C)C. The molecule has 1 unspecified atom stereocenters. The average Bonchev–Trinajstić information content (AvgIpc) is 2.34. The van der Waals surface area contributed by atoms with Gasteiger partial charge in [0.05, 0.1) is 10.5 Å². The standard InChI is InChI=1S/C13H19BrN2O3S/c1-4-12(8(2)3)16-13(17)10-7-9(20(15,18)19)5-6-11(10)14/h5-8,12H,4H2,1-3H3,(H,16,17)(H2,15,18,19). The van der Waals surface area contributed by atoms with Gasteiger partial charge in [0.25, 0.3) is 5.91 Å². The second-order valence-electron chi connectivity index (χ2n) is 4.92. The van der Waals surface area contributed by atoms with Gasteiger partial charge in [-0.15, -0.1) is 0 Å². The fourth-order valence-corrected chi connectivity index (χ4v) is 2.81. The maximum atomic E-state index is 12.2. The first-order chi connectivity index (χ1) is 9.16. The third-order valence-electron chi connectivity index (χ3n) is 3.07. The Bertz CT molecular complexity index is 600. The van der Waals surface area contributed by atoms with Gasteiger partial charge in [-0.3, -0.25) is 4.79 Å². The van der Waals surface area contributed by atoms with E-state index in [2.05, 4.69) is 21.2 Å². The molecule has 1 aromatic rings. The molecule has 0 bridgehead atoms. The van der Waals surface area contributed by atoms with Crippen molar-refractivity contribution >= 4 is 31.9 Å². The Hall–Kier alpha value is -0.920. The van der Waals surface area contributed by atoms with E-state index in [1.807, 2.05) is 20.8 Å². The molecule has 20 heavy (non-hydrogen) atoms. The number of carbonyl (C=O) groups is 1. The Kier molecular flexibility index (Phi) is 5.73. The lowest BCUT2D eigenvalue weighted by molar-refractivity contribution is 0.0923. The van der Waals surface area contributed by atoms with Gasteiger partial charge in [0.15, 0.2) is 0 Å². The van der Waals surface area contributed by atoms with Crippen molar-refractivity contribution in [1.29, 1.82) is 0 Å². The Labute approximate surface area is 128 Å². The monoisotopic (exact) mass is 362 g/mol. The maximum absolute atomic E-state index is 12.2. The first-order valence-corrected chi connectivity index (χ1v) is 8.64. The molecular weight excluding hydrogens is 344 g/mol. The Morgan fingerprint density at radius 2 is 2.00 bits per heavy atom. The van der Waals surface area contributed by atoms with Gasteiger partial charge >= 0.3 is 0 Å². The van der Waals surface area contributed by atoms with Crippen molar-refractivity contribution in [2.24, 2.45) is 11.1 Å². The van der Waals surface area contributed by atoms with Gasteiger partial charge in [-0.05, 0) is 46.5 Å². The van der Waals surface area contributed by atoms with Gasteiger partial charge in [0.1, 0.15) is 0 Å². The van der Waals surface area contributed by atoms with Gasteiger partial charge in [0.2, 0.25) is 10.0 Å². The van der Waals surface area contributed by atoms with E-state index in [0.717, 1.165) is 6.42 Å². The summed E-state index contributed by atoms with van der Waals surface area (Å²) >= 11 is 3.25. The second-order valence-corrected chi connectivity index (χ2v) is 7.33. The minimum atomic E-state index is -3.83. The highest BCUT2D eigenvalue weighted by Crippen LogP contribution is 2.21. The smallest absolute Gasteiger partial charge is 0.252 e. The van der Waals surface area contributed by atoms with E-state index in [-0.39, 0.29) is 22.4 Å². The first kappa shape index (κ1) is 17.1. The molecule has 1 rings (SSSR count). The van der Waals surface area contributed by atoms with Crippen molar-refractivity contribution in [2.75, 3.05) is 0 Å². The van der Waals surface area contributed by atoms with Crippen molar-refractivity contribution in [1.82, 2.24) is 5.32 Å². The largest absolute Gasteiger partial charge is 0.349 e. The van der Waals surface area contributed by atoms with Crippen LogP contribution in [0.1, 0.15) is 37.6 Å². The molecular formula is C13H19BrN2O3S. The third kappa shape index (κ3) is 4.29. The molecule has 3 N–H and O–H groups in total. The molecule has 0 fully saturated rings. The number of halogens is 1. The van der Waals surface area contributed by atoms with E-state index in [1.54, 1.807) is 0 Å². The van der Waals surface area contributed by atoms with Crippen LogP contribution in [0.3, 0.4) is 0 Å². The summed E-state index contributed by atoms with van der Waals surface area (Å²) in [5.41, 5.74) is 0.260. The third-order valence-corrected chi connectivity index (χ3v) is 4.67. The van der Waals surface area contributed by atoms with Crippen LogP contribution >= 0.6 is 15.9 Å². The molecule has 1 aromatic carbocycles. The normalized spacial score (nSPS) is 13.3. The predicted molar refractivity (Wildman–Crippen MR) is 81.9 cm³/mol. The molecule has 7 heteroatoms. The number of carbonyl (C=O) groups excluding carboxylic acids is 1. The van der Waals surface area contributed by atoms with E-state index < -0.39 is 10.0 Å². The summed E-state index contributed by atoms with van der Waals surface area (Å²) in [4.78, 5) is 12.2. The van der Waals surface area contributed by atoms with Crippen LogP contribution in [-0.2, 0) is 10.0 Å². The Morgan fingerprint density at radius 3 is 2.45 bits per heavy atom. The molecule has 112 valence electrons. The van der Waals surface area contributed by atoms with Crippen molar-refractivity contribution in [3.8, 4) is 0 Å². The molecule has 0 aliphatic carbocycles. The molecule has 1 atom stereocenters. The number of rotatable bonds is 5. The summed E-state index contributed by atoms with van der Waals surface area (Å²) in [5, 5.41) is 7.97. The number of nitrogens with two attached hydrogens (primary N) is 1. The van der Waals surface area contributed by atoms with Crippen molar-refractivity contribution in [2.45, 2.75) is 38.1 Å². The molecule has 0 radical (unpaired) electrons. The lowest BCUT2D eigenvalue weighted by atomic mass is 10.0. The van der Waals surface area contributed by atoms with E-state index in [0.29, 0.717) is 10.4 Å². The number of hydrogen-bond acceptors (Lipinski definition) is 3. The van der Waals surface area contributed by atoms with E-state index in [1.165, 1.54) is 18.2 Å². The summed E-state index contributed by atoms with van der Waals surface area (Å²) in [5.74, 6) is -0.0212. The van der Waals surface area contributed by atoms with Crippen LogP contribution in [0.5, 0.6) is 0 Å². The summed E-state index contributed by atoms with van der Waals surface area (Å²) in [6, 6.07) is 4.18. The Morgan fingerprint density at radius 1 is 1.40 bits per heavy atom. The molecule has 0 spiro atoms. The molecule has 0 saturated heterocycles. The molecule has 1 amide bonds. The molecule has 0 saturated carbocycles. The van der Waals surface area contributed by atoms with Gasteiger partial charge in [-0.2, -0.15) is 0 Å². The van der Waals surface area contributed by atoms with Crippen molar-refractivity contribution in [3.63, 3.8) is 0 Å². The summed E-state index contributed by atoms with van der Waals surface area (Å²) < 4.78 is 23.2. The zero-order valence-corrected chi connectivity index (χ0v) is 14.1. The summed E-state index contributed by atoms with van der Waals surface area (Å²) in [6.45, 7) is 6.02. The summed E-state index contributed by atoms with van der Waals surface area (Å²) in [6.07, 6.45) is 0.801. The number of hydrogen-bond donors (Lipinski definition) is 2. The predicted octanol–water partition coefficient (Wildman–Crippen LogP) is 2.26. The van der Waals surface area contributed by atoms with Gasteiger partial charge < -0.3 is 5.32 Å². The van der Waals surface area contributed by atoms with Gasteiger partial charge in [-0.25, -0.2) is 13.6 Å². The number of sulfonamides is 1. The first-order valence-electron chi connectivity index (χ1n) is 6.30. The lowest BCUT2D eigenvalue weighted by Gasteiger charge is -2.21. The van der Waals surface area contributed by atoms with Crippen LogP contribution in [0, 0.1) is 5.92 Å². The average molecular weight is 363 g/mol. The number of nitrogens with one attached hydrogen (secondary N) is 1. The zero-order valence-electron chi connectivity index (χ0n) is 11.7. The van der Waals surface area contributed by atoms with Crippen LogP contribution in [0.2, 0.25) is 0 Å². The highest BCUT2D eigenvalue weighted by molar-refractivity contribution is 9.10. The van der Waals surface area contributed by atoms with Crippen molar-refractivity contribution < 1.29 is 13.2 Å². The molecule has 5 nitrogen and oxygen atoms in total. The molecule has 0 heterocycles. The van der Waals surface area contributed by atoms with Crippen LogP contribution < -0.4 is 10.5 Å². The molecule has 0 aromatic heterocycles. The number of primary sulfonamides is 1. The minimum Gasteiger partial charge on any atom is -0.349 e. The van der Waals surface area contributed by atoms with Crippen molar-refractivity contribution in [3.05, 3.63) is 28.2 Å². The zero-order chi connectivity index (χ0) is 15.5. The number of amides is 1. The fraction of sp³-hybridized carbons (Fsp3) is 0.462. The maximum Gasteiger partial charge on any atom is 0.252 e. The molecule has 0 aliphatic heterocycles. The topological polar surface area (TPSA) is 89.3 Å². The second kappa shape index (κ2) is 6.69. The van der Waals surface area contributed by atoms with Crippen LogP contribution in [0.15, 0.2) is 27.6 Å². The quantitative estimate of drug-likeness (QED) is 0.841. The van der Waals surface area contributed by atoms with Crippen LogP contribution in [0.4, 0.5) is 0 Å². The lowest BCUT2D eigenvalue weighted by Crippen LogP contribution is -2.38. The van der Waals surface area contributed by atoms with E-state index in [4.69, 9.17) is 5.14 Å². The van der Waals surface area contributed by atoms with Gasteiger partial charge in [0, 0.05) is 10.5 Å². The Balaban J connectivity index is 3.10. The van der Waals surface area contributed by atoms with Gasteiger partial charge in [-0.1, -0.05) is 20.8 Å². The highest BCUT2D eigenvalue weighted by Gasteiger charge is 2.19. The fourth-order valence-electron chi connectivity index (χ4n) is 1.84. The van der Waals surface area contributed by atoms with E-state index >= 15 is 0 Å². The van der Waals surface area contributed by atoms with E-state index in [9.17, 15) is 13.2 Å². The van der Waals surface area contributed by atoms with Crippen LogP contribution in [-0.4, -0.2) is 20.4 Å². The number of benzene rings is 1. The highest BCUT2D eigenvalue weighted by atomic mass is 79.9. The molecule has 0 aliphatic rings.